The van der Waals surface area contributed by atoms with Crippen LogP contribution in [0, 0.1) is 40.9 Å². The van der Waals surface area contributed by atoms with Crippen LogP contribution >= 0.6 is 11.8 Å². The van der Waals surface area contributed by atoms with Gasteiger partial charge in [0.1, 0.15) is 23.7 Å². The predicted molar refractivity (Wildman–Crippen MR) is 238 cm³/mol. The first-order chi connectivity index (χ1) is 29.6. The summed E-state index contributed by atoms with van der Waals surface area (Å²) in [6, 6.07) is 5.96. The minimum atomic E-state index is -0.837. The number of unbranched alkanes of at least 4 members (excludes halogenated alkanes) is 3. The van der Waals surface area contributed by atoms with Crippen LogP contribution in [-0.4, -0.2) is 93.0 Å². The van der Waals surface area contributed by atoms with Crippen LogP contribution in [0.25, 0.3) is 0 Å². The zero-order valence-corrected chi connectivity index (χ0v) is 38.1. The van der Waals surface area contributed by atoms with Crippen molar-refractivity contribution in [1.29, 1.82) is 0 Å². The Bertz CT molecular complexity index is 1860. The number of carbonyl (C=O) groups is 6. The summed E-state index contributed by atoms with van der Waals surface area (Å²) in [6.07, 6.45) is 11.1. The van der Waals surface area contributed by atoms with E-state index in [-0.39, 0.29) is 79.1 Å². The molecule has 13 heteroatoms. The van der Waals surface area contributed by atoms with Crippen molar-refractivity contribution in [2.75, 3.05) is 18.8 Å². The quantitative estimate of drug-likeness (QED) is 0.0354. The van der Waals surface area contributed by atoms with Crippen molar-refractivity contribution in [3.05, 3.63) is 41.5 Å². The van der Waals surface area contributed by atoms with Gasteiger partial charge in [0.2, 0.25) is 17.7 Å². The lowest BCUT2D eigenvalue weighted by molar-refractivity contribution is -0.161. The third-order valence-electron chi connectivity index (χ3n) is 13.0. The largest absolute Gasteiger partial charge is 0.489 e. The molecule has 4 aliphatic rings. The molecule has 1 aromatic carbocycles. The number of imide groups is 1. The summed E-state index contributed by atoms with van der Waals surface area (Å²) in [4.78, 5) is 77.7. The summed E-state index contributed by atoms with van der Waals surface area (Å²) in [7, 11) is 0. The first-order valence-corrected chi connectivity index (χ1v) is 23.9. The van der Waals surface area contributed by atoms with Gasteiger partial charge in [-0.25, -0.2) is 0 Å². The van der Waals surface area contributed by atoms with Gasteiger partial charge in [-0.05, 0) is 62.7 Å². The number of ether oxygens (including phenoxy) is 2. The minimum absolute atomic E-state index is 0.0276. The monoisotopic (exact) mass is 876 g/mol. The standard InChI is InChI=1S/C49H68N2O10S/c1-6-7-16-31(2)37(52)24-23-35-38(29-39-44(35)36-21-14-17-32(45(36)60-39)18-15-22-43(55)56)61-48(59)34-20-11-10-19-33(34)46(57)50-26-12-8-9-13-28-62-40-30-42(54)51(47(40)58)27-25-41(53)49(3,4)5/h14,17,21,23-24,31,33-35,37-40,44,52H,8-13,15-16,18-20,22,25-30H2,1-5H3,(H,50,57)(H,55,56)/b24-23+/t31-,33-,34+,35-,37+,38+,39-,40?,44-/m0/s1. The fourth-order valence-electron chi connectivity index (χ4n) is 9.23. The molecule has 9 atom stereocenters. The van der Waals surface area contributed by atoms with E-state index >= 15 is 0 Å². The first kappa shape index (κ1) is 48.9. The second kappa shape index (κ2) is 23.0. The number of nitrogens with zero attached hydrogens (tertiary/aromatic N) is 1. The highest BCUT2D eigenvalue weighted by molar-refractivity contribution is 8.00. The average molecular weight is 877 g/mol. The zero-order chi connectivity index (χ0) is 45.0. The maximum absolute atomic E-state index is 14.1. The lowest BCUT2D eigenvalue weighted by Crippen LogP contribution is -2.41. The fourth-order valence-corrected chi connectivity index (χ4v) is 10.4. The molecule has 340 valence electrons. The Morgan fingerprint density at radius 1 is 1.05 bits per heavy atom. The van der Waals surface area contributed by atoms with Crippen LogP contribution in [0.1, 0.15) is 142 Å². The van der Waals surface area contributed by atoms with E-state index in [9.17, 15) is 39.0 Å². The number of para-hydroxylation sites is 1. The van der Waals surface area contributed by atoms with Crippen LogP contribution in [0.5, 0.6) is 5.75 Å². The van der Waals surface area contributed by atoms with E-state index in [0.717, 1.165) is 61.2 Å². The number of Topliss-reactive ketones (excluding diaryl/α,β-unsaturated/α-hetero) is 1. The van der Waals surface area contributed by atoms with Gasteiger partial charge >= 0.3 is 11.9 Å². The van der Waals surface area contributed by atoms with E-state index in [2.05, 4.69) is 17.2 Å². The number of likely N-dealkylation sites (tertiary alicyclic amines) is 1. The number of nitrogens with one attached hydrogen (secondary N) is 1. The lowest BCUT2D eigenvalue weighted by atomic mass is 9.78. The first-order valence-electron chi connectivity index (χ1n) is 22.8. The molecule has 3 N–H and O–H groups in total. The number of hydrogen-bond donors (Lipinski definition) is 3. The molecule has 12 nitrogen and oxygen atoms in total. The maximum Gasteiger partial charge on any atom is 0.310 e. The Kier molecular flexibility index (Phi) is 18.1. The number of aliphatic carboxylic acids is 1. The van der Waals surface area contributed by atoms with E-state index in [4.69, 9.17) is 9.47 Å². The van der Waals surface area contributed by atoms with E-state index < -0.39 is 40.7 Å². The molecule has 2 heterocycles. The van der Waals surface area contributed by atoms with Crippen molar-refractivity contribution in [2.24, 2.45) is 29.1 Å². The lowest BCUT2D eigenvalue weighted by Gasteiger charge is -2.31. The normalized spacial score (nSPS) is 25.4. The number of thioether (sulfide) groups is 1. The Hall–Kier alpha value is -4.15. The summed E-state index contributed by atoms with van der Waals surface area (Å²) in [5, 5.41) is 22.9. The molecule has 0 spiro atoms. The van der Waals surface area contributed by atoms with Gasteiger partial charge in [0.25, 0.3) is 0 Å². The molecule has 3 fully saturated rings. The number of ketones is 1. The topological polar surface area (TPSA) is 177 Å². The Balaban J connectivity index is 1.11. The summed E-state index contributed by atoms with van der Waals surface area (Å²) >= 11 is 1.50. The van der Waals surface area contributed by atoms with Gasteiger partial charge in [0, 0.05) is 68.0 Å². The average Bonchev–Trinajstić information content (AvgIpc) is 3.86. The van der Waals surface area contributed by atoms with Crippen molar-refractivity contribution in [1.82, 2.24) is 10.2 Å². The van der Waals surface area contributed by atoms with Crippen LogP contribution in [0.3, 0.4) is 0 Å². The van der Waals surface area contributed by atoms with Crippen LogP contribution in [-0.2, 0) is 39.9 Å². The van der Waals surface area contributed by atoms with Gasteiger partial charge in [-0.15, -0.1) is 23.6 Å². The maximum atomic E-state index is 14.1. The van der Waals surface area contributed by atoms with E-state index in [0.29, 0.717) is 45.1 Å². The van der Waals surface area contributed by atoms with Crippen molar-refractivity contribution in [3.63, 3.8) is 0 Å². The summed E-state index contributed by atoms with van der Waals surface area (Å²) in [6.45, 7) is 9.87. The van der Waals surface area contributed by atoms with Crippen LogP contribution in [0.15, 0.2) is 30.4 Å². The highest BCUT2D eigenvalue weighted by Gasteiger charge is 2.52. The number of carboxylic acid groups (broad SMARTS) is 1. The SMILES string of the molecule is CC#CC[C@H](C)[C@H](O)/C=C/[C@@H]1[C@H]2c3cccc(CCCC(=O)O)c3O[C@H]2C[C@H]1OC(=O)[C@@H]1CCCC[C@@H]1C(=O)NCCCCCCSC1CC(=O)N(CCC(=O)C(C)(C)C)C1=O. The number of carbonyl (C=O) groups excluding carboxylic acids is 5. The number of benzene rings is 1. The molecule has 0 radical (unpaired) electrons. The van der Waals surface area contributed by atoms with Crippen molar-refractivity contribution >= 4 is 47.2 Å². The molecule has 0 aromatic heterocycles. The molecule has 5 rings (SSSR count). The molecular formula is C49H68N2O10S. The van der Waals surface area contributed by atoms with Crippen molar-refractivity contribution < 1.29 is 48.5 Å². The van der Waals surface area contributed by atoms with Gasteiger partial charge < -0.3 is 25.0 Å². The molecule has 2 aliphatic heterocycles. The third-order valence-corrected chi connectivity index (χ3v) is 14.3. The third kappa shape index (κ3) is 13.0. The van der Waals surface area contributed by atoms with Crippen LogP contribution in [0.4, 0.5) is 0 Å². The number of carboxylic acids is 1. The molecule has 0 bridgehead atoms. The number of aryl methyl sites for hydroxylation is 1. The predicted octanol–water partition coefficient (Wildman–Crippen LogP) is 7.19. The van der Waals surface area contributed by atoms with E-state index in [1.165, 1.54) is 16.7 Å². The number of hydrogen-bond acceptors (Lipinski definition) is 10. The van der Waals surface area contributed by atoms with Gasteiger partial charge in [0.05, 0.1) is 23.2 Å². The highest BCUT2D eigenvalue weighted by Crippen LogP contribution is 2.53. The molecular weight excluding hydrogens is 809 g/mol. The number of rotatable bonds is 22. The molecule has 1 aromatic rings. The Morgan fingerprint density at radius 2 is 1.79 bits per heavy atom. The highest BCUT2D eigenvalue weighted by atomic mass is 32.2. The van der Waals surface area contributed by atoms with Crippen molar-refractivity contribution in [2.45, 2.75) is 160 Å². The van der Waals surface area contributed by atoms with Crippen LogP contribution < -0.4 is 10.1 Å². The molecule has 1 unspecified atom stereocenters. The second-order valence-electron chi connectivity index (χ2n) is 18.6. The molecule has 1 saturated heterocycles. The fraction of sp³-hybridized carbons (Fsp3) is 0.673. The van der Waals surface area contributed by atoms with Gasteiger partial charge in [-0.1, -0.05) is 83.7 Å². The Morgan fingerprint density at radius 3 is 2.52 bits per heavy atom. The number of aliphatic hydroxyl groups is 1. The van der Waals surface area contributed by atoms with Crippen LogP contribution in [0.2, 0.25) is 0 Å². The molecule has 2 aliphatic carbocycles. The van der Waals surface area contributed by atoms with E-state index in [1.54, 1.807) is 13.0 Å². The van der Waals surface area contributed by atoms with Gasteiger partial charge in [-0.3, -0.25) is 33.7 Å². The zero-order valence-electron chi connectivity index (χ0n) is 37.3. The molecule has 62 heavy (non-hydrogen) atoms. The van der Waals surface area contributed by atoms with Crippen molar-refractivity contribution in [3.8, 4) is 17.6 Å². The number of fused-ring (bicyclic) bond motifs is 3. The van der Waals surface area contributed by atoms with E-state index in [1.807, 2.05) is 52.0 Å². The minimum Gasteiger partial charge on any atom is -0.489 e. The summed E-state index contributed by atoms with van der Waals surface area (Å²) in [5.41, 5.74) is 1.45. The van der Waals surface area contributed by atoms with Gasteiger partial charge in [-0.2, -0.15) is 0 Å². The molecule has 2 saturated carbocycles. The smallest absolute Gasteiger partial charge is 0.310 e. The number of esters is 1. The summed E-state index contributed by atoms with van der Waals surface area (Å²) in [5.74, 6) is 4.20. The van der Waals surface area contributed by atoms with Gasteiger partial charge in [0.15, 0.2) is 0 Å². The summed E-state index contributed by atoms with van der Waals surface area (Å²) < 4.78 is 12.9. The molecule has 3 amide bonds. The number of aliphatic hydroxyl groups excluding tert-OH is 1. The second-order valence-corrected chi connectivity index (χ2v) is 19.9. The number of amides is 3. The Labute approximate surface area is 372 Å².